The third-order valence-corrected chi connectivity index (χ3v) is 2.33. The Kier molecular flexibility index (Phi) is 3.06. The summed E-state index contributed by atoms with van der Waals surface area (Å²) in [5, 5.41) is 0.508. The van der Waals surface area contributed by atoms with Crippen LogP contribution in [0, 0.1) is 0 Å². The Hall–Kier alpha value is -0.0431. The normalized spacial score (nSPS) is 11.4. The lowest BCUT2D eigenvalue weighted by molar-refractivity contribution is 0.752. The summed E-state index contributed by atoms with van der Waals surface area (Å²) in [5.41, 5.74) is 0. The Bertz CT molecular complexity index is 68.9. The highest BCUT2D eigenvalue weighted by molar-refractivity contribution is 6.40. The molecular formula is C7H14Si. The molecule has 0 rings (SSSR count). The lowest BCUT2D eigenvalue weighted by Crippen LogP contribution is -2.05. The first kappa shape index (κ1) is 7.96. The molecule has 0 aliphatic rings. The van der Waals surface area contributed by atoms with Crippen molar-refractivity contribution in [3.05, 3.63) is 12.7 Å². The zero-order valence-corrected chi connectivity index (χ0v) is 6.99. The lowest BCUT2D eigenvalue weighted by Gasteiger charge is -2.14. The highest BCUT2D eigenvalue weighted by atomic mass is 28.2. The predicted octanol–water partition coefficient (Wildman–Crippen LogP) is 2.51. The van der Waals surface area contributed by atoms with Gasteiger partial charge in [0.05, 0.1) is 0 Å². The van der Waals surface area contributed by atoms with Crippen LogP contribution < -0.4 is 0 Å². The third-order valence-electron chi connectivity index (χ3n) is 0.777. The summed E-state index contributed by atoms with van der Waals surface area (Å²) >= 11 is 0. The Labute approximate surface area is 54.8 Å². The summed E-state index contributed by atoms with van der Waals surface area (Å²) < 4.78 is 0. The topological polar surface area (TPSA) is 0 Å². The maximum atomic E-state index is 3.67. The summed E-state index contributed by atoms with van der Waals surface area (Å²) in [6, 6.07) is 1.17. The fourth-order valence-corrected chi connectivity index (χ4v) is 1.14. The number of rotatable bonds is 2. The van der Waals surface area contributed by atoms with Crippen molar-refractivity contribution in [2.24, 2.45) is 0 Å². The van der Waals surface area contributed by atoms with Gasteiger partial charge in [-0.15, -0.1) is 6.58 Å². The van der Waals surface area contributed by atoms with E-state index in [1.807, 2.05) is 6.08 Å². The quantitative estimate of drug-likeness (QED) is 0.394. The molecule has 0 aromatic carbocycles. The monoisotopic (exact) mass is 126 g/mol. The van der Waals surface area contributed by atoms with Gasteiger partial charge in [-0.1, -0.05) is 26.8 Å². The predicted molar refractivity (Wildman–Crippen MR) is 40.5 cm³/mol. The standard InChI is InChI=1S/C7H14Si/c1-5-6-8-7(2,3)4/h5H,1,6H2,2-4H3. The number of allylic oxidation sites excluding steroid dienone is 1. The first-order valence-electron chi connectivity index (χ1n) is 2.92. The van der Waals surface area contributed by atoms with Gasteiger partial charge in [0.2, 0.25) is 0 Å². The van der Waals surface area contributed by atoms with Gasteiger partial charge in [0, 0.05) is 9.52 Å². The number of hydrogen-bond acceptors (Lipinski definition) is 0. The van der Waals surface area contributed by atoms with Gasteiger partial charge in [0.25, 0.3) is 0 Å². The average molecular weight is 126 g/mol. The van der Waals surface area contributed by atoms with Crippen molar-refractivity contribution in [2.75, 3.05) is 0 Å². The van der Waals surface area contributed by atoms with Crippen LogP contribution in [0.5, 0.6) is 0 Å². The van der Waals surface area contributed by atoms with E-state index in [-0.39, 0.29) is 0 Å². The second-order valence-corrected chi connectivity index (χ2v) is 5.18. The van der Waals surface area contributed by atoms with E-state index in [0.717, 1.165) is 9.52 Å². The fourth-order valence-electron chi connectivity index (χ4n) is 0.378. The van der Waals surface area contributed by atoms with E-state index in [1.165, 1.54) is 6.04 Å². The molecule has 0 unspecified atom stereocenters. The molecule has 0 saturated carbocycles. The van der Waals surface area contributed by atoms with Gasteiger partial charge in [-0.2, -0.15) is 0 Å². The molecule has 46 valence electrons. The molecule has 0 nitrogen and oxygen atoms in total. The Morgan fingerprint density at radius 3 is 2.12 bits per heavy atom. The van der Waals surface area contributed by atoms with E-state index in [0.29, 0.717) is 5.04 Å². The van der Waals surface area contributed by atoms with Crippen molar-refractivity contribution >= 4 is 9.52 Å². The van der Waals surface area contributed by atoms with E-state index in [2.05, 4.69) is 27.4 Å². The average Bonchev–Trinajstić information content (AvgIpc) is 1.59. The summed E-state index contributed by atoms with van der Waals surface area (Å²) in [6.07, 6.45) is 1.99. The molecule has 0 atom stereocenters. The maximum Gasteiger partial charge on any atom is 0.0486 e. The molecule has 0 bridgehead atoms. The van der Waals surface area contributed by atoms with Crippen molar-refractivity contribution in [1.29, 1.82) is 0 Å². The molecular weight excluding hydrogens is 112 g/mol. The molecule has 0 N–H and O–H groups in total. The van der Waals surface area contributed by atoms with Gasteiger partial charge in [0.15, 0.2) is 0 Å². The highest BCUT2D eigenvalue weighted by Crippen LogP contribution is 2.21. The van der Waals surface area contributed by atoms with Crippen molar-refractivity contribution in [2.45, 2.75) is 31.9 Å². The lowest BCUT2D eigenvalue weighted by atomic mass is 10.3. The van der Waals surface area contributed by atoms with Crippen LogP contribution >= 0.6 is 0 Å². The molecule has 8 heavy (non-hydrogen) atoms. The first-order chi connectivity index (χ1) is 3.56. The summed E-state index contributed by atoms with van der Waals surface area (Å²) in [6.45, 7) is 10.4. The van der Waals surface area contributed by atoms with Crippen LogP contribution in [-0.4, -0.2) is 9.52 Å². The van der Waals surface area contributed by atoms with Crippen molar-refractivity contribution in [3.8, 4) is 0 Å². The number of hydrogen-bond donors (Lipinski definition) is 0. The van der Waals surface area contributed by atoms with Gasteiger partial charge in [-0.3, -0.25) is 0 Å². The molecule has 2 radical (unpaired) electrons. The second-order valence-electron chi connectivity index (χ2n) is 2.92. The molecule has 0 aromatic heterocycles. The van der Waals surface area contributed by atoms with Crippen LogP contribution in [-0.2, 0) is 0 Å². The molecule has 0 amide bonds. The minimum atomic E-state index is 0.508. The molecule has 1 heteroatoms. The van der Waals surface area contributed by atoms with E-state index in [1.54, 1.807) is 0 Å². The fraction of sp³-hybridized carbons (Fsp3) is 0.714. The Morgan fingerprint density at radius 2 is 2.00 bits per heavy atom. The molecule has 0 fully saturated rings. The molecule has 0 aliphatic heterocycles. The summed E-state index contributed by atoms with van der Waals surface area (Å²) in [7, 11) is 1.02. The third kappa shape index (κ3) is 5.96. The molecule has 0 saturated heterocycles. The van der Waals surface area contributed by atoms with Gasteiger partial charge in [-0.25, -0.2) is 0 Å². The van der Waals surface area contributed by atoms with Crippen LogP contribution in [0.25, 0.3) is 0 Å². The summed E-state index contributed by atoms with van der Waals surface area (Å²) in [4.78, 5) is 0. The minimum Gasteiger partial charge on any atom is -0.103 e. The Balaban J connectivity index is 3.24. The second kappa shape index (κ2) is 3.08. The SMILES string of the molecule is C=CC[Si]C(C)(C)C. The van der Waals surface area contributed by atoms with Crippen LogP contribution in [0.2, 0.25) is 11.1 Å². The maximum absolute atomic E-state index is 3.67. The van der Waals surface area contributed by atoms with Crippen molar-refractivity contribution in [3.63, 3.8) is 0 Å². The van der Waals surface area contributed by atoms with E-state index >= 15 is 0 Å². The first-order valence-corrected chi connectivity index (χ1v) is 4.13. The highest BCUT2D eigenvalue weighted by Gasteiger charge is 2.08. The van der Waals surface area contributed by atoms with Gasteiger partial charge < -0.3 is 0 Å². The molecule has 0 heterocycles. The molecule has 0 aliphatic carbocycles. The zero-order chi connectivity index (χ0) is 6.62. The van der Waals surface area contributed by atoms with Crippen molar-refractivity contribution < 1.29 is 0 Å². The Morgan fingerprint density at radius 1 is 1.50 bits per heavy atom. The van der Waals surface area contributed by atoms with Gasteiger partial charge in [0.1, 0.15) is 0 Å². The summed E-state index contributed by atoms with van der Waals surface area (Å²) in [5.74, 6) is 0. The van der Waals surface area contributed by atoms with Crippen LogP contribution in [0.4, 0.5) is 0 Å². The zero-order valence-electron chi connectivity index (χ0n) is 5.99. The van der Waals surface area contributed by atoms with Gasteiger partial charge in [-0.05, 0) is 11.1 Å². The van der Waals surface area contributed by atoms with E-state index < -0.39 is 0 Å². The van der Waals surface area contributed by atoms with Crippen LogP contribution in [0.3, 0.4) is 0 Å². The van der Waals surface area contributed by atoms with Crippen molar-refractivity contribution in [1.82, 2.24) is 0 Å². The van der Waals surface area contributed by atoms with E-state index in [9.17, 15) is 0 Å². The molecule has 0 spiro atoms. The smallest absolute Gasteiger partial charge is 0.0486 e. The van der Waals surface area contributed by atoms with E-state index in [4.69, 9.17) is 0 Å². The van der Waals surface area contributed by atoms with Gasteiger partial charge >= 0.3 is 0 Å². The van der Waals surface area contributed by atoms with Crippen LogP contribution in [0.1, 0.15) is 20.8 Å². The minimum absolute atomic E-state index is 0.508. The van der Waals surface area contributed by atoms with Crippen LogP contribution in [0.15, 0.2) is 12.7 Å². The molecule has 0 aromatic rings. The largest absolute Gasteiger partial charge is 0.103 e.